The minimum absolute atomic E-state index is 0.135. The van der Waals surface area contributed by atoms with E-state index in [1.54, 1.807) is 32.9 Å². The predicted octanol–water partition coefficient (Wildman–Crippen LogP) is 5.19. The Hall–Kier alpha value is -5.19. The largest absolute Gasteiger partial charge is 0.444 e. The van der Waals surface area contributed by atoms with E-state index in [0.29, 0.717) is 34.7 Å². The molecule has 0 saturated heterocycles. The number of nitrogens with one attached hydrogen (secondary N) is 4. The smallest absolute Gasteiger partial charge is 0.407 e. The van der Waals surface area contributed by atoms with Crippen LogP contribution in [0.1, 0.15) is 49.9 Å². The van der Waals surface area contributed by atoms with E-state index >= 15 is 0 Å². The van der Waals surface area contributed by atoms with Crippen molar-refractivity contribution in [1.82, 2.24) is 10.6 Å². The number of alkyl carbamates (subject to hydrolysis) is 1. The first-order chi connectivity index (χ1) is 19.4. The lowest BCUT2D eigenvalue weighted by atomic mass is 9.98. The summed E-state index contributed by atoms with van der Waals surface area (Å²) >= 11 is 0. The zero-order valence-corrected chi connectivity index (χ0v) is 23.2. The van der Waals surface area contributed by atoms with E-state index in [0.717, 1.165) is 11.1 Å². The number of carbonyl (C=O) groups excluding carboxylic acids is 3. The van der Waals surface area contributed by atoms with Crippen molar-refractivity contribution in [3.05, 3.63) is 99.1 Å². The number of amides is 3. The van der Waals surface area contributed by atoms with E-state index < -0.39 is 22.5 Å². The van der Waals surface area contributed by atoms with Gasteiger partial charge in [-0.25, -0.2) is 4.79 Å². The summed E-state index contributed by atoms with van der Waals surface area (Å²) in [6.07, 6.45) is -0.520. The monoisotopic (exact) mass is 557 g/mol. The molecule has 212 valence electrons. The average molecular weight is 558 g/mol. The van der Waals surface area contributed by atoms with Crippen LogP contribution < -0.4 is 21.3 Å². The van der Waals surface area contributed by atoms with Crippen LogP contribution in [-0.2, 0) is 27.4 Å². The molecule has 41 heavy (non-hydrogen) atoms. The van der Waals surface area contributed by atoms with E-state index in [4.69, 9.17) is 4.74 Å². The molecule has 11 nitrogen and oxygen atoms in total. The summed E-state index contributed by atoms with van der Waals surface area (Å²) in [7, 11) is 0. The number of non-ortho nitro benzene ring substituents is 1. The maximum atomic E-state index is 13.2. The minimum Gasteiger partial charge on any atom is -0.444 e. The molecule has 4 N–H and O–H groups in total. The molecule has 3 aromatic carbocycles. The highest BCUT2D eigenvalue weighted by Crippen LogP contribution is 2.39. The van der Waals surface area contributed by atoms with Gasteiger partial charge in [0.2, 0.25) is 5.91 Å². The second-order valence-corrected chi connectivity index (χ2v) is 10.5. The number of anilines is 2. The number of nitro groups is 1. The summed E-state index contributed by atoms with van der Waals surface area (Å²) < 4.78 is 5.27. The number of rotatable bonds is 8. The zero-order chi connectivity index (χ0) is 29.7. The van der Waals surface area contributed by atoms with Gasteiger partial charge < -0.3 is 26.0 Å². The first-order valence-electron chi connectivity index (χ1n) is 12.9. The summed E-state index contributed by atoms with van der Waals surface area (Å²) in [4.78, 5) is 47.4. The highest BCUT2D eigenvalue weighted by Gasteiger charge is 2.30. The molecule has 0 atom stereocenters. The van der Waals surface area contributed by atoms with E-state index in [-0.39, 0.29) is 23.7 Å². The van der Waals surface area contributed by atoms with Crippen molar-refractivity contribution in [3.8, 4) is 0 Å². The van der Waals surface area contributed by atoms with Crippen LogP contribution in [0, 0.1) is 10.1 Å². The summed E-state index contributed by atoms with van der Waals surface area (Å²) in [5.41, 5.74) is 3.87. The lowest BCUT2D eigenvalue weighted by Crippen LogP contribution is -2.32. The van der Waals surface area contributed by atoms with Gasteiger partial charge in [-0.2, -0.15) is 0 Å². The molecule has 1 aliphatic heterocycles. The Labute approximate surface area is 237 Å². The Bertz CT molecular complexity index is 1520. The molecule has 4 rings (SSSR count). The number of carbonyl (C=O) groups is 3. The molecule has 0 bridgehead atoms. The number of nitrogens with zero attached hydrogens (tertiary/aromatic N) is 1. The standard InChI is InChI=1S/C30H31N5O6/c1-18(36)31-16-19-5-9-21(10-6-19)27(26-24-15-23(35(39)40)13-14-25(24)34-28(26)37)33-22-11-7-20(8-12-22)17-32-29(38)41-30(2,3)4/h5-15,33H,16-17H2,1-4H3,(H,31,36)(H,32,38)(H,34,37)/b27-26-. The van der Waals surface area contributed by atoms with E-state index in [2.05, 4.69) is 21.3 Å². The highest BCUT2D eigenvalue weighted by molar-refractivity contribution is 6.37. The van der Waals surface area contributed by atoms with Crippen molar-refractivity contribution in [1.29, 1.82) is 0 Å². The van der Waals surface area contributed by atoms with Gasteiger partial charge in [-0.15, -0.1) is 0 Å². The Morgan fingerprint density at radius 2 is 1.54 bits per heavy atom. The normalized spacial score (nSPS) is 13.5. The van der Waals surface area contributed by atoms with Crippen LogP contribution in [0.15, 0.2) is 66.7 Å². The molecule has 0 aromatic heterocycles. The van der Waals surface area contributed by atoms with Crippen molar-refractivity contribution in [2.75, 3.05) is 10.6 Å². The highest BCUT2D eigenvalue weighted by atomic mass is 16.6. The van der Waals surface area contributed by atoms with Crippen LogP contribution >= 0.6 is 0 Å². The summed E-state index contributed by atoms with van der Waals surface area (Å²) in [6, 6.07) is 18.8. The molecule has 3 amide bonds. The van der Waals surface area contributed by atoms with Crippen LogP contribution in [0.25, 0.3) is 11.3 Å². The topological polar surface area (TPSA) is 152 Å². The molecule has 0 saturated carbocycles. The molecule has 0 fully saturated rings. The van der Waals surface area contributed by atoms with Gasteiger partial charge in [-0.1, -0.05) is 36.4 Å². The second kappa shape index (κ2) is 11.9. The van der Waals surface area contributed by atoms with Crippen molar-refractivity contribution < 1.29 is 24.0 Å². The fourth-order valence-electron chi connectivity index (χ4n) is 4.15. The zero-order valence-electron chi connectivity index (χ0n) is 23.2. The van der Waals surface area contributed by atoms with Gasteiger partial charge in [-0.05, 0) is 55.7 Å². The third-order valence-electron chi connectivity index (χ3n) is 6.05. The van der Waals surface area contributed by atoms with Crippen LogP contribution in [-0.4, -0.2) is 28.4 Å². The van der Waals surface area contributed by atoms with Gasteiger partial charge in [-0.3, -0.25) is 19.7 Å². The molecular weight excluding hydrogens is 526 g/mol. The molecule has 0 radical (unpaired) electrons. The lowest BCUT2D eigenvalue weighted by molar-refractivity contribution is -0.384. The van der Waals surface area contributed by atoms with Crippen molar-refractivity contribution in [3.63, 3.8) is 0 Å². The molecule has 0 spiro atoms. The first kappa shape index (κ1) is 28.8. The molecule has 0 unspecified atom stereocenters. The maximum absolute atomic E-state index is 13.2. The summed E-state index contributed by atoms with van der Waals surface area (Å²) in [5, 5.41) is 23.0. The molecule has 3 aromatic rings. The van der Waals surface area contributed by atoms with Gasteiger partial charge >= 0.3 is 6.09 Å². The van der Waals surface area contributed by atoms with E-state index in [9.17, 15) is 24.5 Å². The number of ether oxygens (including phenoxy) is 1. The molecule has 11 heteroatoms. The molecule has 1 heterocycles. The fourth-order valence-corrected chi connectivity index (χ4v) is 4.15. The lowest BCUT2D eigenvalue weighted by Gasteiger charge is -2.19. The van der Waals surface area contributed by atoms with Gasteiger partial charge in [0.15, 0.2) is 0 Å². The van der Waals surface area contributed by atoms with Crippen LogP contribution in [0.4, 0.5) is 21.9 Å². The fraction of sp³-hybridized carbons (Fsp3) is 0.233. The number of fused-ring (bicyclic) bond motifs is 1. The van der Waals surface area contributed by atoms with Crippen molar-refractivity contribution >= 4 is 46.2 Å². The Kier molecular flexibility index (Phi) is 8.37. The molecular formula is C30H31N5O6. The first-order valence-corrected chi connectivity index (χ1v) is 12.9. The quantitative estimate of drug-likeness (QED) is 0.169. The van der Waals surface area contributed by atoms with Crippen molar-refractivity contribution in [2.24, 2.45) is 0 Å². The van der Waals surface area contributed by atoms with Crippen LogP contribution in [0.3, 0.4) is 0 Å². The van der Waals surface area contributed by atoms with Crippen molar-refractivity contribution in [2.45, 2.75) is 46.4 Å². The third-order valence-corrected chi connectivity index (χ3v) is 6.05. The Morgan fingerprint density at radius 1 is 0.927 bits per heavy atom. The number of nitro benzene ring substituents is 1. The Balaban J connectivity index is 1.66. The van der Waals surface area contributed by atoms with Gasteiger partial charge in [0, 0.05) is 49.1 Å². The van der Waals surface area contributed by atoms with Gasteiger partial charge in [0.1, 0.15) is 5.60 Å². The molecule has 1 aliphatic rings. The number of hydrogen-bond acceptors (Lipinski definition) is 7. The Morgan fingerprint density at radius 3 is 2.12 bits per heavy atom. The third kappa shape index (κ3) is 7.47. The molecule has 0 aliphatic carbocycles. The number of hydrogen-bond donors (Lipinski definition) is 4. The second-order valence-electron chi connectivity index (χ2n) is 10.5. The summed E-state index contributed by atoms with van der Waals surface area (Å²) in [5.74, 6) is -0.548. The maximum Gasteiger partial charge on any atom is 0.407 e. The minimum atomic E-state index is -0.602. The van der Waals surface area contributed by atoms with Gasteiger partial charge in [0.05, 0.1) is 16.2 Å². The SMILES string of the molecule is CC(=O)NCc1ccc(/C(Nc2ccc(CNC(=O)OC(C)(C)C)cc2)=C2/C(=O)Nc3ccc([N+](=O)[O-])cc32)cc1. The number of benzene rings is 3. The van der Waals surface area contributed by atoms with Crippen LogP contribution in [0.2, 0.25) is 0 Å². The predicted molar refractivity (Wildman–Crippen MR) is 156 cm³/mol. The summed E-state index contributed by atoms with van der Waals surface area (Å²) in [6.45, 7) is 7.42. The van der Waals surface area contributed by atoms with Gasteiger partial charge in [0.25, 0.3) is 11.6 Å². The van der Waals surface area contributed by atoms with E-state index in [1.807, 2.05) is 36.4 Å². The average Bonchev–Trinajstić information content (AvgIpc) is 3.24. The van der Waals surface area contributed by atoms with E-state index in [1.165, 1.54) is 25.1 Å². The van der Waals surface area contributed by atoms with Crippen LogP contribution in [0.5, 0.6) is 0 Å².